The SMILES string of the molecule is O=c1oc2ccc(F)cc2c2ccsc12. The van der Waals surface area contributed by atoms with Gasteiger partial charge in [-0.15, -0.1) is 11.3 Å². The van der Waals surface area contributed by atoms with Crippen LogP contribution in [-0.4, -0.2) is 0 Å². The number of halogens is 1. The third-order valence-electron chi connectivity index (χ3n) is 2.29. The van der Waals surface area contributed by atoms with Gasteiger partial charge in [0.2, 0.25) is 0 Å². The summed E-state index contributed by atoms with van der Waals surface area (Å²) in [5, 5.41) is 3.20. The minimum atomic E-state index is -0.362. The molecule has 74 valence electrons. The van der Waals surface area contributed by atoms with Crippen molar-refractivity contribution in [2.75, 3.05) is 0 Å². The zero-order chi connectivity index (χ0) is 10.4. The molecule has 0 aliphatic carbocycles. The van der Waals surface area contributed by atoms with Crippen LogP contribution in [0, 0.1) is 5.82 Å². The van der Waals surface area contributed by atoms with Crippen molar-refractivity contribution in [3.05, 3.63) is 45.9 Å². The van der Waals surface area contributed by atoms with Gasteiger partial charge in [0.15, 0.2) is 0 Å². The lowest BCUT2D eigenvalue weighted by Crippen LogP contribution is -1.96. The van der Waals surface area contributed by atoms with Crippen LogP contribution in [0.5, 0.6) is 0 Å². The van der Waals surface area contributed by atoms with Gasteiger partial charge in [-0.05, 0) is 29.6 Å². The first-order chi connectivity index (χ1) is 7.25. The van der Waals surface area contributed by atoms with Crippen LogP contribution in [0.1, 0.15) is 0 Å². The Morgan fingerprint density at radius 3 is 2.93 bits per heavy atom. The van der Waals surface area contributed by atoms with Gasteiger partial charge in [-0.2, -0.15) is 0 Å². The second kappa shape index (κ2) is 2.90. The molecular formula is C11H5FO2S. The lowest BCUT2D eigenvalue weighted by molar-refractivity contribution is 0.568. The standard InChI is InChI=1S/C11H5FO2S/c12-6-1-2-9-8(5-6)7-3-4-15-10(7)11(13)14-9/h1-5H. The molecule has 1 aromatic carbocycles. The number of fused-ring (bicyclic) bond motifs is 3. The molecule has 0 aliphatic heterocycles. The molecule has 15 heavy (non-hydrogen) atoms. The van der Waals surface area contributed by atoms with E-state index in [4.69, 9.17) is 4.42 Å². The summed E-state index contributed by atoms with van der Waals surface area (Å²) in [5.41, 5.74) is 0.0615. The lowest BCUT2D eigenvalue weighted by atomic mass is 10.2. The van der Waals surface area contributed by atoms with E-state index in [1.54, 1.807) is 11.4 Å². The summed E-state index contributed by atoms with van der Waals surface area (Å²) < 4.78 is 18.7. The van der Waals surface area contributed by atoms with Crippen molar-refractivity contribution in [1.82, 2.24) is 0 Å². The van der Waals surface area contributed by atoms with E-state index in [2.05, 4.69) is 0 Å². The van der Waals surface area contributed by atoms with E-state index in [0.717, 1.165) is 5.39 Å². The van der Waals surface area contributed by atoms with Gasteiger partial charge in [0.05, 0.1) is 0 Å². The first-order valence-electron chi connectivity index (χ1n) is 4.35. The number of thiophene rings is 1. The summed E-state index contributed by atoms with van der Waals surface area (Å²) in [7, 11) is 0. The third kappa shape index (κ3) is 1.18. The van der Waals surface area contributed by atoms with Crippen LogP contribution in [0.25, 0.3) is 21.1 Å². The maximum atomic E-state index is 13.1. The van der Waals surface area contributed by atoms with E-state index >= 15 is 0 Å². The summed E-state index contributed by atoms with van der Waals surface area (Å²) in [4.78, 5) is 11.5. The van der Waals surface area contributed by atoms with Crippen LogP contribution >= 0.6 is 11.3 Å². The molecule has 0 saturated heterocycles. The second-order valence-electron chi connectivity index (χ2n) is 3.19. The van der Waals surface area contributed by atoms with E-state index in [-0.39, 0.29) is 11.4 Å². The van der Waals surface area contributed by atoms with Crippen LogP contribution < -0.4 is 5.63 Å². The topological polar surface area (TPSA) is 30.2 Å². The largest absolute Gasteiger partial charge is 0.422 e. The summed E-state index contributed by atoms with van der Waals surface area (Å²) in [6.45, 7) is 0. The van der Waals surface area contributed by atoms with E-state index in [0.29, 0.717) is 15.7 Å². The quantitative estimate of drug-likeness (QED) is 0.545. The van der Waals surface area contributed by atoms with Crippen LogP contribution in [0.2, 0.25) is 0 Å². The lowest BCUT2D eigenvalue weighted by Gasteiger charge is -1.97. The molecule has 0 unspecified atom stereocenters. The maximum Gasteiger partial charge on any atom is 0.354 e. The fourth-order valence-electron chi connectivity index (χ4n) is 1.63. The molecule has 2 aromatic heterocycles. The van der Waals surface area contributed by atoms with Gasteiger partial charge < -0.3 is 4.42 Å². The van der Waals surface area contributed by atoms with Gasteiger partial charge in [0, 0.05) is 10.8 Å². The molecule has 0 aliphatic rings. The summed E-state index contributed by atoms with van der Waals surface area (Å²) in [6, 6.07) is 5.94. The van der Waals surface area contributed by atoms with Crippen molar-refractivity contribution in [1.29, 1.82) is 0 Å². The molecule has 0 bridgehead atoms. The van der Waals surface area contributed by atoms with E-state index in [1.807, 2.05) is 0 Å². The number of hydrogen-bond acceptors (Lipinski definition) is 3. The molecule has 2 heterocycles. The monoisotopic (exact) mass is 220 g/mol. The van der Waals surface area contributed by atoms with Gasteiger partial charge in [-0.25, -0.2) is 9.18 Å². The fraction of sp³-hybridized carbons (Fsp3) is 0. The Kier molecular flexibility index (Phi) is 1.67. The third-order valence-corrected chi connectivity index (χ3v) is 3.18. The highest BCUT2D eigenvalue weighted by molar-refractivity contribution is 7.17. The fourth-order valence-corrected chi connectivity index (χ4v) is 2.41. The number of rotatable bonds is 0. The summed E-state index contributed by atoms with van der Waals surface area (Å²) in [5.74, 6) is -0.330. The van der Waals surface area contributed by atoms with Crippen molar-refractivity contribution < 1.29 is 8.81 Å². The van der Waals surface area contributed by atoms with Crippen molar-refractivity contribution in [3.8, 4) is 0 Å². The molecule has 3 aromatic rings. The average Bonchev–Trinajstić information content (AvgIpc) is 2.69. The van der Waals surface area contributed by atoms with E-state index in [9.17, 15) is 9.18 Å². The van der Waals surface area contributed by atoms with Crippen molar-refractivity contribution in [2.24, 2.45) is 0 Å². The van der Waals surface area contributed by atoms with Crippen molar-refractivity contribution >= 4 is 32.4 Å². The molecule has 0 N–H and O–H groups in total. The molecule has 0 radical (unpaired) electrons. The van der Waals surface area contributed by atoms with Gasteiger partial charge in [0.25, 0.3) is 0 Å². The van der Waals surface area contributed by atoms with Crippen LogP contribution in [0.4, 0.5) is 4.39 Å². The van der Waals surface area contributed by atoms with E-state index in [1.165, 1.54) is 29.5 Å². The zero-order valence-electron chi connectivity index (χ0n) is 7.49. The normalized spacial score (nSPS) is 11.3. The molecule has 0 amide bonds. The average molecular weight is 220 g/mol. The number of hydrogen-bond donors (Lipinski definition) is 0. The van der Waals surface area contributed by atoms with Crippen LogP contribution in [0.3, 0.4) is 0 Å². The molecule has 0 atom stereocenters. The Labute approximate surface area is 87.6 Å². The summed E-state index contributed by atoms with van der Waals surface area (Å²) in [6.07, 6.45) is 0. The van der Waals surface area contributed by atoms with Gasteiger partial charge in [-0.3, -0.25) is 0 Å². The smallest absolute Gasteiger partial charge is 0.354 e. The predicted molar refractivity (Wildman–Crippen MR) is 57.8 cm³/mol. The second-order valence-corrected chi connectivity index (χ2v) is 4.11. The molecule has 3 rings (SSSR count). The van der Waals surface area contributed by atoms with Crippen LogP contribution in [0.15, 0.2) is 38.9 Å². The van der Waals surface area contributed by atoms with Gasteiger partial charge >= 0.3 is 5.63 Å². The Morgan fingerprint density at radius 2 is 2.07 bits per heavy atom. The molecule has 4 heteroatoms. The Hall–Kier alpha value is -1.68. The minimum Gasteiger partial charge on any atom is -0.422 e. The minimum absolute atomic E-state index is 0.330. The Balaban J connectivity index is 2.67. The maximum absolute atomic E-state index is 13.1. The van der Waals surface area contributed by atoms with Crippen molar-refractivity contribution in [2.45, 2.75) is 0 Å². The highest BCUT2D eigenvalue weighted by Crippen LogP contribution is 2.26. The molecule has 0 spiro atoms. The van der Waals surface area contributed by atoms with Crippen molar-refractivity contribution in [3.63, 3.8) is 0 Å². The van der Waals surface area contributed by atoms with E-state index < -0.39 is 0 Å². The van der Waals surface area contributed by atoms with Gasteiger partial charge in [0.1, 0.15) is 16.1 Å². The molecular weight excluding hydrogens is 215 g/mol. The molecule has 0 fully saturated rings. The Bertz CT molecular complexity index is 711. The van der Waals surface area contributed by atoms with Gasteiger partial charge in [-0.1, -0.05) is 0 Å². The first kappa shape index (κ1) is 8.61. The number of benzene rings is 1. The zero-order valence-corrected chi connectivity index (χ0v) is 8.31. The van der Waals surface area contributed by atoms with Crippen LogP contribution in [-0.2, 0) is 0 Å². The first-order valence-corrected chi connectivity index (χ1v) is 5.23. The highest BCUT2D eigenvalue weighted by atomic mass is 32.1. The Morgan fingerprint density at radius 1 is 1.20 bits per heavy atom. The predicted octanol–water partition coefficient (Wildman–Crippen LogP) is 3.15. The molecule has 2 nitrogen and oxygen atoms in total. The molecule has 0 saturated carbocycles. The summed E-state index contributed by atoms with van der Waals surface area (Å²) >= 11 is 1.31. The highest BCUT2D eigenvalue weighted by Gasteiger charge is 2.08.